The third kappa shape index (κ3) is 3.32. The van der Waals surface area contributed by atoms with Crippen molar-refractivity contribution < 1.29 is 8.42 Å². The summed E-state index contributed by atoms with van der Waals surface area (Å²) in [6, 6.07) is 0. The van der Waals surface area contributed by atoms with E-state index in [1.165, 1.54) is 0 Å². The Morgan fingerprint density at radius 2 is 2.20 bits per heavy atom. The van der Waals surface area contributed by atoms with Gasteiger partial charge in [0.25, 0.3) is 0 Å². The third-order valence-electron chi connectivity index (χ3n) is 2.29. The minimum Gasteiger partial charge on any atom is -0.273 e. The van der Waals surface area contributed by atoms with Crippen LogP contribution in [0, 0.1) is 6.92 Å². The molecule has 1 aromatic heterocycles. The van der Waals surface area contributed by atoms with Crippen LogP contribution in [0.5, 0.6) is 0 Å². The maximum absolute atomic E-state index is 11.4. The highest BCUT2D eigenvalue weighted by Crippen LogP contribution is 2.05. The molecule has 0 atom stereocenters. The zero-order valence-electron chi connectivity index (χ0n) is 9.32. The lowest BCUT2D eigenvalue weighted by molar-refractivity contribution is 0.579. The molecule has 15 heavy (non-hydrogen) atoms. The van der Waals surface area contributed by atoms with Gasteiger partial charge in [-0.2, -0.15) is 5.10 Å². The molecule has 0 aliphatic carbocycles. The predicted octanol–water partition coefficient (Wildman–Crippen LogP) is 0.558. The van der Waals surface area contributed by atoms with E-state index < -0.39 is 10.0 Å². The van der Waals surface area contributed by atoms with Gasteiger partial charge in [-0.25, -0.2) is 13.1 Å². The average Bonchev–Trinajstić information content (AvgIpc) is 2.45. The first kappa shape index (κ1) is 12.2. The highest BCUT2D eigenvalue weighted by atomic mass is 32.2. The van der Waals surface area contributed by atoms with Gasteiger partial charge in [-0.15, -0.1) is 0 Å². The lowest BCUT2D eigenvalue weighted by Crippen LogP contribution is -2.25. The maximum Gasteiger partial charge on any atom is 0.211 e. The molecule has 0 aliphatic rings. The van der Waals surface area contributed by atoms with Crippen molar-refractivity contribution in [1.82, 2.24) is 14.5 Å². The van der Waals surface area contributed by atoms with E-state index in [2.05, 4.69) is 9.82 Å². The number of nitrogens with zero attached hydrogens (tertiary/aromatic N) is 2. The Bertz CT molecular complexity index is 423. The van der Waals surface area contributed by atoms with Crippen molar-refractivity contribution in [2.24, 2.45) is 7.05 Å². The average molecular weight is 231 g/mol. The van der Waals surface area contributed by atoms with Gasteiger partial charge in [0, 0.05) is 24.8 Å². The second-order valence-electron chi connectivity index (χ2n) is 3.52. The minimum absolute atomic E-state index is 0.173. The molecule has 6 heteroatoms. The molecule has 1 rings (SSSR count). The summed E-state index contributed by atoms with van der Waals surface area (Å²) in [6.07, 6.45) is 2.31. The van der Waals surface area contributed by atoms with Crippen LogP contribution in [-0.2, 0) is 23.6 Å². The first-order valence-electron chi connectivity index (χ1n) is 4.91. The molecule has 0 saturated carbocycles. The van der Waals surface area contributed by atoms with Crippen LogP contribution in [0.2, 0.25) is 0 Å². The van der Waals surface area contributed by atoms with Crippen LogP contribution < -0.4 is 4.72 Å². The topological polar surface area (TPSA) is 64.0 Å². The number of nitrogens with one attached hydrogen (secondary N) is 1. The van der Waals surface area contributed by atoms with E-state index in [1.807, 2.05) is 20.9 Å². The van der Waals surface area contributed by atoms with E-state index in [4.69, 9.17) is 0 Å². The number of aryl methyl sites for hydroxylation is 1. The predicted molar refractivity (Wildman–Crippen MR) is 58.9 cm³/mol. The number of rotatable bonds is 5. The molecule has 0 bridgehead atoms. The standard InChI is InChI=1S/C9H17N3O2S/c1-4-5-15(13,14)11-7-9-6-10-12(3)8(9)2/h6,11H,4-5,7H2,1-3H3. The van der Waals surface area contributed by atoms with Crippen molar-refractivity contribution in [3.63, 3.8) is 0 Å². The van der Waals surface area contributed by atoms with E-state index in [0.29, 0.717) is 13.0 Å². The van der Waals surface area contributed by atoms with Crippen LogP contribution in [0.3, 0.4) is 0 Å². The van der Waals surface area contributed by atoms with E-state index in [-0.39, 0.29) is 5.75 Å². The van der Waals surface area contributed by atoms with Gasteiger partial charge in [-0.3, -0.25) is 4.68 Å². The summed E-state index contributed by atoms with van der Waals surface area (Å²) in [7, 11) is -1.29. The fourth-order valence-corrected chi connectivity index (χ4v) is 2.30. The van der Waals surface area contributed by atoms with Gasteiger partial charge in [-0.05, 0) is 13.3 Å². The monoisotopic (exact) mass is 231 g/mol. The molecule has 0 unspecified atom stereocenters. The molecule has 5 nitrogen and oxygen atoms in total. The number of aromatic nitrogens is 2. The zero-order chi connectivity index (χ0) is 11.5. The number of hydrogen-bond donors (Lipinski definition) is 1. The zero-order valence-corrected chi connectivity index (χ0v) is 10.1. The molecule has 0 aliphatic heterocycles. The summed E-state index contributed by atoms with van der Waals surface area (Å²) in [5.41, 5.74) is 1.89. The van der Waals surface area contributed by atoms with Crippen molar-refractivity contribution in [3.05, 3.63) is 17.5 Å². The Kier molecular flexibility index (Phi) is 3.87. The van der Waals surface area contributed by atoms with E-state index in [1.54, 1.807) is 10.9 Å². The van der Waals surface area contributed by atoms with E-state index in [0.717, 1.165) is 11.3 Å². The van der Waals surface area contributed by atoms with Crippen LogP contribution in [0.1, 0.15) is 24.6 Å². The molecular weight excluding hydrogens is 214 g/mol. The van der Waals surface area contributed by atoms with Gasteiger partial charge < -0.3 is 0 Å². The molecular formula is C9H17N3O2S. The Labute approximate surface area is 90.5 Å². The third-order valence-corrected chi connectivity index (χ3v) is 3.82. The van der Waals surface area contributed by atoms with Gasteiger partial charge >= 0.3 is 0 Å². The second-order valence-corrected chi connectivity index (χ2v) is 5.45. The summed E-state index contributed by atoms with van der Waals surface area (Å²) >= 11 is 0. The largest absolute Gasteiger partial charge is 0.273 e. The Balaban J connectivity index is 2.62. The van der Waals surface area contributed by atoms with Crippen molar-refractivity contribution in [1.29, 1.82) is 0 Å². The van der Waals surface area contributed by atoms with Crippen LogP contribution >= 0.6 is 0 Å². The molecule has 1 heterocycles. The fraction of sp³-hybridized carbons (Fsp3) is 0.667. The van der Waals surface area contributed by atoms with Gasteiger partial charge in [-0.1, -0.05) is 6.92 Å². The molecule has 0 amide bonds. The van der Waals surface area contributed by atoms with Crippen molar-refractivity contribution >= 4 is 10.0 Å². The first-order chi connectivity index (χ1) is 6.96. The summed E-state index contributed by atoms with van der Waals surface area (Å²) in [4.78, 5) is 0. The molecule has 1 N–H and O–H groups in total. The summed E-state index contributed by atoms with van der Waals surface area (Å²) in [5.74, 6) is 0.173. The highest BCUT2D eigenvalue weighted by molar-refractivity contribution is 7.89. The summed E-state index contributed by atoms with van der Waals surface area (Å²) in [6.45, 7) is 4.08. The molecule has 0 radical (unpaired) electrons. The maximum atomic E-state index is 11.4. The van der Waals surface area contributed by atoms with Gasteiger partial charge in [0.1, 0.15) is 0 Å². The molecule has 0 spiro atoms. The van der Waals surface area contributed by atoms with Gasteiger partial charge in [0.2, 0.25) is 10.0 Å². The number of hydrogen-bond acceptors (Lipinski definition) is 3. The summed E-state index contributed by atoms with van der Waals surface area (Å²) in [5, 5.41) is 4.04. The minimum atomic E-state index is -3.12. The van der Waals surface area contributed by atoms with Gasteiger partial charge in [0.05, 0.1) is 11.9 Å². The lowest BCUT2D eigenvalue weighted by Gasteiger charge is -2.04. The molecule has 0 fully saturated rings. The van der Waals surface area contributed by atoms with Crippen LogP contribution in [0.4, 0.5) is 0 Å². The van der Waals surface area contributed by atoms with Crippen molar-refractivity contribution in [2.75, 3.05) is 5.75 Å². The normalized spacial score (nSPS) is 11.9. The Morgan fingerprint density at radius 1 is 1.53 bits per heavy atom. The van der Waals surface area contributed by atoms with Crippen molar-refractivity contribution in [2.45, 2.75) is 26.8 Å². The van der Waals surface area contributed by atoms with E-state index >= 15 is 0 Å². The smallest absolute Gasteiger partial charge is 0.211 e. The van der Waals surface area contributed by atoms with Gasteiger partial charge in [0.15, 0.2) is 0 Å². The fourth-order valence-electron chi connectivity index (χ4n) is 1.25. The van der Waals surface area contributed by atoms with Crippen LogP contribution in [0.15, 0.2) is 6.20 Å². The molecule has 0 saturated heterocycles. The number of sulfonamides is 1. The summed E-state index contributed by atoms with van der Waals surface area (Å²) < 4.78 is 27.0. The molecule has 1 aromatic rings. The molecule has 86 valence electrons. The quantitative estimate of drug-likeness (QED) is 0.805. The Hall–Kier alpha value is -0.880. The first-order valence-corrected chi connectivity index (χ1v) is 6.56. The van der Waals surface area contributed by atoms with Crippen LogP contribution in [-0.4, -0.2) is 24.0 Å². The second kappa shape index (κ2) is 4.76. The van der Waals surface area contributed by atoms with Crippen LogP contribution in [0.25, 0.3) is 0 Å². The van der Waals surface area contributed by atoms with Crippen molar-refractivity contribution in [3.8, 4) is 0 Å². The SMILES string of the molecule is CCCS(=O)(=O)NCc1cnn(C)c1C. The highest BCUT2D eigenvalue weighted by Gasteiger charge is 2.10. The lowest BCUT2D eigenvalue weighted by atomic mass is 10.3. The van der Waals surface area contributed by atoms with E-state index in [9.17, 15) is 8.42 Å². The molecule has 0 aromatic carbocycles. The Morgan fingerprint density at radius 3 is 2.67 bits per heavy atom.